The number of fused-ring (bicyclic) bond motifs is 3. The van der Waals surface area contributed by atoms with E-state index in [-0.39, 0.29) is 11.6 Å². The van der Waals surface area contributed by atoms with Gasteiger partial charge in [0, 0.05) is 16.7 Å². The van der Waals surface area contributed by atoms with Crippen LogP contribution in [-0.2, 0) is 4.74 Å². The molecule has 0 aliphatic carbocycles. The van der Waals surface area contributed by atoms with E-state index in [2.05, 4.69) is 0 Å². The maximum Gasteiger partial charge on any atom is 0.337 e. The van der Waals surface area contributed by atoms with Crippen LogP contribution in [0.5, 0.6) is 0 Å². The molecule has 6 aromatic rings. The van der Waals surface area contributed by atoms with Crippen LogP contribution in [0.25, 0.3) is 27.5 Å². The van der Waals surface area contributed by atoms with E-state index >= 15 is 0 Å². The fraction of sp³-hybridized carbons (Fsp3) is 0.0294. The fourth-order valence-corrected chi connectivity index (χ4v) is 5.09. The molecule has 2 heterocycles. The summed E-state index contributed by atoms with van der Waals surface area (Å²) in [7, 11) is 1.34. The minimum absolute atomic E-state index is 0.176. The van der Waals surface area contributed by atoms with Crippen LogP contribution in [0.2, 0.25) is 0 Å². The van der Waals surface area contributed by atoms with E-state index in [1.165, 1.54) is 7.11 Å². The molecule has 0 spiro atoms. The Morgan fingerprint density at radius 3 is 1.77 bits per heavy atom. The summed E-state index contributed by atoms with van der Waals surface area (Å²) in [5, 5.41) is 0.737. The molecule has 2 aromatic heterocycles. The Bertz CT molecular complexity index is 1870. The second-order valence-corrected chi connectivity index (χ2v) is 9.17. The Labute approximate surface area is 224 Å². The fourth-order valence-electron chi connectivity index (χ4n) is 5.09. The molecule has 0 saturated heterocycles. The smallest absolute Gasteiger partial charge is 0.337 e. The Morgan fingerprint density at radius 2 is 1.15 bits per heavy atom. The van der Waals surface area contributed by atoms with Crippen molar-refractivity contribution in [3.63, 3.8) is 0 Å². The van der Waals surface area contributed by atoms with Crippen LogP contribution in [0.1, 0.15) is 42.3 Å². The van der Waals surface area contributed by atoms with Crippen molar-refractivity contribution in [1.82, 2.24) is 4.40 Å². The van der Waals surface area contributed by atoms with Gasteiger partial charge in [-0.3, -0.25) is 9.59 Å². The first kappa shape index (κ1) is 24.1. The van der Waals surface area contributed by atoms with Crippen molar-refractivity contribution in [3.8, 4) is 11.1 Å². The van der Waals surface area contributed by atoms with Crippen molar-refractivity contribution in [2.75, 3.05) is 7.11 Å². The lowest BCUT2D eigenvalue weighted by molar-refractivity contribution is 0.0600. The van der Waals surface area contributed by atoms with Crippen molar-refractivity contribution in [1.29, 1.82) is 0 Å². The minimum atomic E-state index is -0.449. The molecular weight excluding hydrogens is 486 g/mol. The number of pyridine rings is 1. The number of rotatable bonds is 6. The molecule has 0 atom stereocenters. The average molecular weight is 510 g/mol. The highest BCUT2D eigenvalue weighted by Crippen LogP contribution is 2.38. The number of nitrogens with zero attached hydrogens (tertiary/aromatic N) is 1. The van der Waals surface area contributed by atoms with Crippen LogP contribution in [0, 0.1) is 0 Å². The van der Waals surface area contributed by atoms with Gasteiger partial charge in [-0.2, -0.15) is 0 Å². The average Bonchev–Trinajstić information content (AvgIpc) is 3.36. The molecule has 4 aromatic carbocycles. The Morgan fingerprint density at radius 1 is 0.590 bits per heavy atom. The van der Waals surface area contributed by atoms with Gasteiger partial charge < -0.3 is 9.14 Å². The molecule has 39 heavy (non-hydrogen) atoms. The highest BCUT2D eigenvalue weighted by atomic mass is 16.5. The predicted octanol–water partition coefficient (Wildman–Crippen LogP) is 7.01. The minimum Gasteiger partial charge on any atom is -0.465 e. The van der Waals surface area contributed by atoms with Gasteiger partial charge in [0.2, 0.25) is 5.78 Å². The van der Waals surface area contributed by atoms with Gasteiger partial charge in [0.15, 0.2) is 5.78 Å². The quantitative estimate of drug-likeness (QED) is 0.179. The number of ether oxygens (including phenoxy) is 1. The number of hydrogen-bond acceptors (Lipinski definition) is 4. The van der Waals surface area contributed by atoms with Gasteiger partial charge in [-0.25, -0.2) is 4.79 Å². The van der Waals surface area contributed by atoms with Gasteiger partial charge in [-0.1, -0.05) is 97.1 Å². The number of carbonyl (C=O) groups is 3. The third-order valence-corrected chi connectivity index (χ3v) is 6.89. The van der Waals surface area contributed by atoms with E-state index in [0.29, 0.717) is 44.5 Å². The highest BCUT2D eigenvalue weighted by Gasteiger charge is 2.30. The van der Waals surface area contributed by atoms with Gasteiger partial charge >= 0.3 is 5.97 Å². The van der Waals surface area contributed by atoms with Crippen molar-refractivity contribution in [2.45, 2.75) is 0 Å². The van der Waals surface area contributed by atoms with Crippen LogP contribution in [-0.4, -0.2) is 29.0 Å². The van der Waals surface area contributed by atoms with Crippen molar-refractivity contribution < 1.29 is 19.1 Å². The molecule has 0 bridgehead atoms. The normalized spacial score (nSPS) is 11.0. The highest BCUT2D eigenvalue weighted by molar-refractivity contribution is 6.24. The molecule has 0 aliphatic rings. The second-order valence-electron chi connectivity index (χ2n) is 9.17. The molecule has 0 saturated carbocycles. The maximum atomic E-state index is 14.3. The van der Waals surface area contributed by atoms with Gasteiger partial charge in [0.25, 0.3) is 0 Å². The van der Waals surface area contributed by atoms with Crippen LogP contribution in [0.3, 0.4) is 0 Å². The van der Waals surface area contributed by atoms with Crippen molar-refractivity contribution in [3.05, 3.63) is 149 Å². The molecule has 0 N–H and O–H groups in total. The van der Waals surface area contributed by atoms with Crippen LogP contribution in [0.15, 0.2) is 121 Å². The molecule has 0 fully saturated rings. The number of ketones is 2. The van der Waals surface area contributed by atoms with Gasteiger partial charge in [0.1, 0.15) is 5.69 Å². The van der Waals surface area contributed by atoms with E-state index in [4.69, 9.17) is 4.74 Å². The van der Waals surface area contributed by atoms with Gasteiger partial charge in [0.05, 0.1) is 29.3 Å². The predicted molar refractivity (Wildman–Crippen MR) is 151 cm³/mol. The first-order valence-corrected chi connectivity index (χ1v) is 12.5. The second kappa shape index (κ2) is 9.88. The number of carbonyl (C=O) groups excluding carboxylic acids is 3. The molecule has 0 amide bonds. The molecule has 0 unspecified atom stereocenters. The molecule has 0 aliphatic heterocycles. The summed E-state index contributed by atoms with van der Waals surface area (Å²) in [6.07, 6.45) is 0. The number of methoxy groups -OCH3 is 1. The largest absolute Gasteiger partial charge is 0.465 e. The van der Waals surface area contributed by atoms with E-state index in [1.807, 2.05) is 83.3 Å². The van der Waals surface area contributed by atoms with Gasteiger partial charge in [-0.05, 0) is 35.2 Å². The van der Waals surface area contributed by atoms with Gasteiger partial charge in [-0.15, -0.1) is 0 Å². The number of esters is 1. The summed E-state index contributed by atoms with van der Waals surface area (Å²) in [5.74, 6) is -0.833. The number of aromatic nitrogens is 1. The molecule has 0 radical (unpaired) electrons. The Kier molecular flexibility index (Phi) is 6.10. The third-order valence-electron chi connectivity index (χ3n) is 6.89. The topological polar surface area (TPSA) is 64.9 Å². The first-order chi connectivity index (χ1) is 19.1. The lowest BCUT2D eigenvalue weighted by atomic mass is 9.92. The molecule has 5 nitrogen and oxygen atoms in total. The molecule has 6 rings (SSSR count). The van der Waals surface area contributed by atoms with Crippen LogP contribution >= 0.6 is 0 Å². The Hall–Kier alpha value is -5.29. The SMILES string of the molecule is COC(=O)c1ccc2c(ccc3c(C(=O)c4ccccc4)c(-c4ccccc4)c(C(=O)c4ccccc4)n32)c1. The lowest BCUT2D eigenvalue weighted by Gasteiger charge is -2.10. The maximum absolute atomic E-state index is 14.3. The first-order valence-electron chi connectivity index (χ1n) is 12.5. The third kappa shape index (κ3) is 4.10. The van der Waals surface area contributed by atoms with Crippen LogP contribution < -0.4 is 0 Å². The summed E-state index contributed by atoms with van der Waals surface area (Å²) in [6, 6.07) is 36.6. The lowest BCUT2D eigenvalue weighted by Crippen LogP contribution is -2.08. The van der Waals surface area contributed by atoms with Crippen LogP contribution in [0.4, 0.5) is 0 Å². The summed E-state index contributed by atoms with van der Waals surface area (Å²) < 4.78 is 6.76. The zero-order valence-electron chi connectivity index (χ0n) is 21.1. The zero-order valence-corrected chi connectivity index (χ0v) is 21.1. The van der Waals surface area contributed by atoms with Crippen molar-refractivity contribution >= 4 is 34.0 Å². The summed E-state index contributed by atoms with van der Waals surface area (Å²) in [6.45, 7) is 0. The van der Waals surface area contributed by atoms with E-state index in [9.17, 15) is 14.4 Å². The zero-order chi connectivity index (χ0) is 26.9. The monoisotopic (exact) mass is 509 g/mol. The number of hydrogen-bond donors (Lipinski definition) is 0. The molecular formula is C34H23NO4. The van der Waals surface area contributed by atoms with E-state index in [1.54, 1.807) is 42.5 Å². The van der Waals surface area contributed by atoms with E-state index in [0.717, 1.165) is 10.9 Å². The summed E-state index contributed by atoms with van der Waals surface area (Å²) in [4.78, 5) is 40.7. The number of benzene rings is 4. The molecule has 188 valence electrons. The standard InChI is InChI=1S/C34H23NO4/c1-39-34(38)26-18-19-27-25(21-26)17-20-28-30(32(36)23-13-7-3-8-14-23)29(22-11-5-2-6-12-22)31(35(27)28)33(37)24-15-9-4-10-16-24/h2-21H,1H3. The Balaban J connectivity index is 1.77. The molecule has 5 heteroatoms. The summed E-state index contributed by atoms with van der Waals surface area (Å²) in [5.41, 5.74) is 4.92. The van der Waals surface area contributed by atoms with E-state index < -0.39 is 5.97 Å². The van der Waals surface area contributed by atoms with Crippen molar-refractivity contribution in [2.24, 2.45) is 0 Å². The summed E-state index contributed by atoms with van der Waals surface area (Å²) >= 11 is 0.